The van der Waals surface area contributed by atoms with Crippen molar-refractivity contribution in [2.75, 3.05) is 5.32 Å². The van der Waals surface area contributed by atoms with Crippen molar-refractivity contribution in [1.82, 2.24) is 15.0 Å². The summed E-state index contributed by atoms with van der Waals surface area (Å²) >= 11 is 0. The van der Waals surface area contributed by atoms with E-state index in [1.807, 2.05) is 37.3 Å². The molecule has 0 saturated heterocycles. The lowest BCUT2D eigenvalue weighted by Crippen LogP contribution is -2.13. The zero-order valence-corrected chi connectivity index (χ0v) is 14.6. The molecule has 2 aromatic carbocycles. The molecule has 1 amide bonds. The van der Waals surface area contributed by atoms with E-state index in [2.05, 4.69) is 33.3 Å². The molecule has 26 heavy (non-hydrogen) atoms. The van der Waals surface area contributed by atoms with Crippen molar-refractivity contribution >= 4 is 22.6 Å². The Labute approximate surface area is 151 Å². The van der Waals surface area contributed by atoms with Gasteiger partial charge in [0.15, 0.2) is 0 Å². The van der Waals surface area contributed by atoms with Crippen LogP contribution in [-0.4, -0.2) is 20.9 Å². The predicted molar refractivity (Wildman–Crippen MR) is 103 cm³/mol. The fourth-order valence-electron chi connectivity index (χ4n) is 2.86. The highest BCUT2D eigenvalue weighted by molar-refractivity contribution is 6.04. The second kappa shape index (κ2) is 6.44. The first-order valence-corrected chi connectivity index (χ1v) is 8.39. The zero-order valence-electron chi connectivity index (χ0n) is 14.6. The number of nitrogens with one attached hydrogen (secondary N) is 2. The molecule has 128 valence electrons. The largest absolute Gasteiger partial charge is 0.338 e. The summed E-state index contributed by atoms with van der Waals surface area (Å²) in [4.78, 5) is 24.4. The Hall–Kier alpha value is -3.47. The number of aryl methyl sites for hydroxylation is 2. The number of fused-ring (bicyclic) bond motifs is 1. The van der Waals surface area contributed by atoms with E-state index in [9.17, 15) is 4.79 Å². The molecule has 0 aliphatic heterocycles. The van der Waals surface area contributed by atoms with Gasteiger partial charge in [-0.25, -0.2) is 4.98 Å². The average molecular weight is 342 g/mol. The molecule has 0 aliphatic rings. The Morgan fingerprint density at radius 3 is 2.77 bits per heavy atom. The molecule has 4 rings (SSSR count). The molecular formula is C21H18N4O. The minimum atomic E-state index is -0.182. The maximum atomic E-state index is 12.4. The number of pyridine rings is 1. The van der Waals surface area contributed by atoms with Gasteiger partial charge in [0.1, 0.15) is 5.82 Å². The lowest BCUT2D eigenvalue weighted by molar-refractivity contribution is 0.102. The SMILES string of the molecule is Cc1ccc2nc(-c3ccc(C)c(NC(=O)c4cccnc4)c3)[nH]c2c1. The lowest BCUT2D eigenvalue weighted by atomic mass is 10.1. The number of carbonyl (C=O) groups is 1. The third kappa shape index (κ3) is 3.07. The van der Waals surface area contributed by atoms with Crippen LogP contribution in [-0.2, 0) is 0 Å². The number of hydrogen-bond donors (Lipinski definition) is 2. The number of imidazole rings is 1. The van der Waals surface area contributed by atoms with Gasteiger partial charge in [0.05, 0.1) is 16.6 Å². The summed E-state index contributed by atoms with van der Waals surface area (Å²) in [5.74, 6) is 0.598. The fourth-order valence-corrected chi connectivity index (χ4v) is 2.86. The number of aromatic nitrogens is 3. The molecule has 2 aromatic heterocycles. The van der Waals surface area contributed by atoms with Crippen molar-refractivity contribution in [2.24, 2.45) is 0 Å². The van der Waals surface area contributed by atoms with Gasteiger partial charge in [0.25, 0.3) is 5.91 Å². The number of H-pyrrole nitrogens is 1. The van der Waals surface area contributed by atoms with Gasteiger partial charge < -0.3 is 10.3 Å². The maximum absolute atomic E-state index is 12.4. The first kappa shape index (κ1) is 16.0. The van der Waals surface area contributed by atoms with Crippen molar-refractivity contribution in [3.8, 4) is 11.4 Å². The molecule has 0 radical (unpaired) electrons. The highest BCUT2D eigenvalue weighted by atomic mass is 16.1. The highest BCUT2D eigenvalue weighted by Crippen LogP contribution is 2.26. The molecule has 2 heterocycles. The van der Waals surface area contributed by atoms with Crippen molar-refractivity contribution < 1.29 is 4.79 Å². The lowest BCUT2D eigenvalue weighted by Gasteiger charge is -2.10. The van der Waals surface area contributed by atoms with Crippen LogP contribution in [0.5, 0.6) is 0 Å². The fraction of sp³-hybridized carbons (Fsp3) is 0.0952. The zero-order chi connectivity index (χ0) is 18.1. The number of benzene rings is 2. The van der Waals surface area contributed by atoms with Crippen LogP contribution < -0.4 is 5.32 Å². The highest BCUT2D eigenvalue weighted by Gasteiger charge is 2.11. The number of nitrogens with zero attached hydrogens (tertiary/aromatic N) is 2. The molecule has 5 nitrogen and oxygen atoms in total. The van der Waals surface area contributed by atoms with E-state index in [0.717, 1.165) is 33.7 Å². The van der Waals surface area contributed by atoms with E-state index in [-0.39, 0.29) is 5.91 Å². The Bertz CT molecular complexity index is 1100. The van der Waals surface area contributed by atoms with Crippen LogP contribution in [0.1, 0.15) is 21.5 Å². The Morgan fingerprint density at radius 1 is 1.08 bits per heavy atom. The minimum absolute atomic E-state index is 0.182. The molecular weight excluding hydrogens is 324 g/mol. The van der Waals surface area contributed by atoms with Gasteiger partial charge in [-0.05, 0) is 55.3 Å². The Kier molecular flexibility index (Phi) is 3.97. The van der Waals surface area contributed by atoms with Crippen molar-refractivity contribution in [3.05, 3.63) is 77.6 Å². The number of hydrogen-bond acceptors (Lipinski definition) is 3. The van der Waals surface area contributed by atoms with Crippen LogP contribution >= 0.6 is 0 Å². The topological polar surface area (TPSA) is 70.7 Å². The van der Waals surface area contributed by atoms with Gasteiger partial charge in [-0.15, -0.1) is 0 Å². The van der Waals surface area contributed by atoms with Gasteiger partial charge in [0.2, 0.25) is 0 Å². The third-order valence-corrected chi connectivity index (χ3v) is 4.32. The second-order valence-electron chi connectivity index (χ2n) is 6.33. The van der Waals surface area contributed by atoms with Crippen LogP contribution in [0.25, 0.3) is 22.4 Å². The van der Waals surface area contributed by atoms with Gasteiger partial charge >= 0.3 is 0 Å². The molecule has 0 aliphatic carbocycles. The van der Waals surface area contributed by atoms with E-state index in [1.165, 1.54) is 5.56 Å². The molecule has 0 unspecified atom stereocenters. The summed E-state index contributed by atoms with van der Waals surface area (Å²) in [5, 5.41) is 2.96. The minimum Gasteiger partial charge on any atom is -0.338 e. The second-order valence-corrected chi connectivity index (χ2v) is 6.33. The summed E-state index contributed by atoms with van der Waals surface area (Å²) in [6.45, 7) is 4.02. The van der Waals surface area contributed by atoms with E-state index < -0.39 is 0 Å². The predicted octanol–water partition coefficient (Wildman–Crippen LogP) is 4.49. The number of rotatable bonds is 3. The van der Waals surface area contributed by atoms with Crippen molar-refractivity contribution in [3.63, 3.8) is 0 Å². The quantitative estimate of drug-likeness (QED) is 0.576. The van der Waals surface area contributed by atoms with Gasteiger partial charge in [0, 0.05) is 23.6 Å². The van der Waals surface area contributed by atoms with Crippen LogP contribution in [0.15, 0.2) is 60.9 Å². The molecule has 0 fully saturated rings. The normalized spacial score (nSPS) is 10.8. The summed E-state index contributed by atoms with van der Waals surface area (Å²) in [6.07, 6.45) is 3.20. The molecule has 2 N–H and O–H groups in total. The monoisotopic (exact) mass is 342 g/mol. The van der Waals surface area contributed by atoms with E-state index in [4.69, 9.17) is 0 Å². The molecule has 5 heteroatoms. The van der Waals surface area contributed by atoms with Crippen LogP contribution in [0.4, 0.5) is 5.69 Å². The molecule has 0 saturated carbocycles. The first-order chi connectivity index (χ1) is 12.6. The standard InChI is InChI=1S/C21H18N4O/c1-13-5-8-17-19(10-13)24-20(23-17)15-7-6-14(2)18(11-15)25-21(26)16-4-3-9-22-12-16/h3-12H,1-2H3,(H,23,24)(H,25,26). The van der Waals surface area contributed by atoms with Crippen LogP contribution in [0, 0.1) is 13.8 Å². The van der Waals surface area contributed by atoms with Gasteiger partial charge in [-0.2, -0.15) is 0 Å². The summed E-state index contributed by atoms with van der Waals surface area (Å²) in [6, 6.07) is 15.5. The molecule has 0 spiro atoms. The summed E-state index contributed by atoms with van der Waals surface area (Å²) in [5.41, 5.74) is 6.29. The van der Waals surface area contributed by atoms with Crippen LogP contribution in [0.3, 0.4) is 0 Å². The van der Waals surface area contributed by atoms with Gasteiger partial charge in [-0.3, -0.25) is 9.78 Å². The summed E-state index contributed by atoms with van der Waals surface area (Å²) in [7, 11) is 0. The van der Waals surface area contributed by atoms with E-state index >= 15 is 0 Å². The van der Waals surface area contributed by atoms with E-state index in [1.54, 1.807) is 24.5 Å². The first-order valence-electron chi connectivity index (χ1n) is 8.39. The van der Waals surface area contributed by atoms with Crippen LogP contribution in [0.2, 0.25) is 0 Å². The van der Waals surface area contributed by atoms with Crippen molar-refractivity contribution in [1.29, 1.82) is 0 Å². The Balaban J connectivity index is 1.68. The summed E-state index contributed by atoms with van der Waals surface area (Å²) < 4.78 is 0. The number of amides is 1. The molecule has 0 bridgehead atoms. The van der Waals surface area contributed by atoms with E-state index in [0.29, 0.717) is 5.56 Å². The third-order valence-electron chi connectivity index (χ3n) is 4.32. The maximum Gasteiger partial charge on any atom is 0.257 e. The Morgan fingerprint density at radius 2 is 1.96 bits per heavy atom. The number of carbonyl (C=O) groups excluding carboxylic acids is 1. The smallest absolute Gasteiger partial charge is 0.257 e. The average Bonchev–Trinajstić information content (AvgIpc) is 3.07. The number of anilines is 1. The molecule has 4 aromatic rings. The molecule has 0 atom stereocenters. The van der Waals surface area contributed by atoms with Crippen molar-refractivity contribution in [2.45, 2.75) is 13.8 Å². The number of aromatic amines is 1. The van der Waals surface area contributed by atoms with Gasteiger partial charge in [-0.1, -0.05) is 18.2 Å².